The molecule has 142 valence electrons. The molecule has 0 unspecified atom stereocenters. The summed E-state index contributed by atoms with van der Waals surface area (Å²) >= 11 is 0. The topological polar surface area (TPSA) is 70.7 Å². The number of likely N-dealkylation sites (tertiary alicyclic amines) is 1. The van der Waals surface area contributed by atoms with Gasteiger partial charge in [-0.1, -0.05) is 18.2 Å². The van der Waals surface area contributed by atoms with E-state index in [0.29, 0.717) is 17.1 Å². The fraction of sp³-hybridized carbons (Fsp3) is 0.333. The first-order chi connectivity index (χ1) is 13.0. The van der Waals surface area contributed by atoms with Crippen molar-refractivity contribution in [2.75, 3.05) is 30.3 Å². The standard InChI is InChI=1S/C21H25N3O3/c1-15-8-9-16(2)19(12-15)27-14-20(25)22-17-6-5-7-18(13-17)23-21(26)24-10-3-4-11-24/h5-9,12-13H,3-4,10-11,14H2,1-2H3,(H,22,25)(H,23,26). The van der Waals surface area contributed by atoms with Gasteiger partial charge in [0.2, 0.25) is 0 Å². The summed E-state index contributed by atoms with van der Waals surface area (Å²) in [5, 5.41) is 5.67. The average Bonchev–Trinajstić information content (AvgIpc) is 3.18. The first kappa shape index (κ1) is 18.8. The van der Waals surface area contributed by atoms with Gasteiger partial charge in [0.1, 0.15) is 5.75 Å². The largest absolute Gasteiger partial charge is 0.483 e. The summed E-state index contributed by atoms with van der Waals surface area (Å²) in [6.07, 6.45) is 2.09. The van der Waals surface area contributed by atoms with Crippen LogP contribution >= 0.6 is 0 Å². The Kier molecular flexibility index (Phi) is 5.96. The minimum absolute atomic E-state index is 0.0747. The lowest BCUT2D eigenvalue weighted by molar-refractivity contribution is -0.118. The van der Waals surface area contributed by atoms with E-state index in [2.05, 4.69) is 10.6 Å². The highest BCUT2D eigenvalue weighted by atomic mass is 16.5. The quantitative estimate of drug-likeness (QED) is 0.841. The third-order valence-corrected chi connectivity index (χ3v) is 4.49. The van der Waals surface area contributed by atoms with Crippen LogP contribution < -0.4 is 15.4 Å². The second kappa shape index (κ2) is 8.58. The van der Waals surface area contributed by atoms with Gasteiger partial charge in [0, 0.05) is 24.5 Å². The highest BCUT2D eigenvalue weighted by Crippen LogP contribution is 2.20. The van der Waals surface area contributed by atoms with Gasteiger partial charge in [-0.05, 0) is 62.1 Å². The van der Waals surface area contributed by atoms with Gasteiger partial charge in [-0.3, -0.25) is 4.79 Å². The van der Waals surface area contributed by atoms with Crippen LogP contribution in [0.5, 0.6) is 5.75 Å². The number of ether oxygens (including phenoxy) is 1. The Morgan fingerprint density at radius 2 is 1.70 bits per heavy atom. The molecule has 1 heterocycles. The highest BCUT2D eigenvalue weighted by molar-refractivity contribution is 5.94. The SMILES string of the molecule is Cc1ccc(C)c(OCC(=O)Nc2cccc(NC(=O)N3CCCC3)c2)c1. The molecule has 0 aromatic heterocycles. The molecule has 3 rings (SSSR count). The van der Waals surface area contributed by atoms with Gasteiger partial charge in [-0.2, -0.15) is 0 Å². The Bertz CT molecular complexity index is 829. The summed E-state index contributed by atoms with van der Waals surface area (Å²) in [5.41, 5.74) is 3.33. The van der Waals surface area contributed by atoms with Crippen molar-refractivity contribution in [2.24, 2.45) is 0 Å². The van der Waals surface area contributed by atoms with E-state index in [-0.39, 0.29) is 18.5 Å². The van der Waals surface area contributed by atoms with E-state index in [9.17, 15) is 9.59 Å². The monoisotopic (exact) mass is 367 g/mol. The molecule has 0 spiro atoms. The van der Waals surface area contributed by atoms with E-state index in [0.717, 1.165) is 37.1 Å². The number of urea groups is 1. The van der Waals surface area contributed by atoms with Gasteiger partial charge < -0.3 is 20.3 Å². The Morgan fingerprint density at radius 3 is 2.44 bits per heavy atom. The van der Waals surface area contributed by atoms with Crippen LogP contribution in [0.25, 0.3) is 0 Å². The molecule has 6 heteroatoms. The molecule has 1 saturated heterocycles. The summed E-state index contributed by atoms with van der Waals surface area (Å²) in [6.45, 7) is 5.43. The van der Waals surface area contributed by atoms with Gasteiger partial charge in [0.25, 0.3) is 5.91 Å². The number of carbonyl (C=O) groups is 2. The van der Waals surface area contributed by atoms with Gasteiger partial charge in [-0.15, -0.1) is 0 Å². The second-order valence-corrected chi connectivity index (χ2v) is 6.81. The smallest absolute Gasteiger partial charge is 0.321 e. The second-order valence-electron chi connectivity index (χ2n) is 6.81. The molecule has 27 heavy (non-hydrogen) atoms. The number of hydrogen-bond acceptors (Lipinski definition) is 3. The van der Waals surface area contributed by atoms with E-state index in [4.69, 9.17) is 4.74 Å². The van der Waals surface area contributed by atoms with E-state index in [1.54, 1.807) is 29.2 Å². The fourth-order valence-electron chi connectivity index (χ4n) is 3.00. The minimum Gasteiger partial charge on any atom is -0.483 e. The molecule has 0 atom stereocenters. The number of carbonyl (C=O) groups excluding carboxylic acids is 2. The summed E-state index contributed by atoms with van der Waals surface area (Å²) in [7, 11) is 0. The maximum absolute atomic E-state index is 12.2. The van der Waals surface area contributed by atoms with Crippen molar-refractivity contribution >= 4 is 23.3 Å². The molecule has 1 aliphatic rings. The third kappa shape index (κ3) is 5.23. The van der Waals surface area contributed by atoms with Crippen molar-refractivity contribution < 1.29 is 14.3 Å². The number of aryl methyl sites for hydroxylation is 2. The molecule has 1 aliphatic heterocycles. The van der Waals surface area contributed by atoms with Crippen LogP contribution in [0.4, 0.5) is 16.2 Å². The Morgan fingerprint density at radius 1 is 1.00 bits per heavy atom. The molecule has 0 bridgehead atoms. The van der Waals surface area contributed by atoms with Crippen LogP contribution in [0.2, 0.25) is 0 Å². The van der Waals surface area contributed by atoms with Crippen molar-refractivity contribution in [2.45, 2.75) is 26.7 Å². The zero-order chi connectivity index (χ0) is 19.2. The van der Waals surface area contributed by atoms with Crippen molar-refractivity contribution in [1.82, 2.24) is 4.90 Å². The lowest BCUT2D eigenvalue weighted by Gasteiger charge is -2.16. The number of benzene rings is 2. The van der Waals surface area contributed by atoms with Gasteiger partial charge in [-0.25, -0.2) is 4.79 Å². The highest BCUT2D eigenvalue weighted by Gasteiger charge is 2.17. The molecule has 3 amide bonds. The predicted molar refractivity (Wildman–Crippen MR) is 106 cm³/mol. The molecule has 0 radical (unpaired) electrons. The molecule has 2 aromatic carbocycles. The molecule has 2 aromatic rings. The molecule has 2 N–H and O–H groups in total. The van der Waals surface area contributed by atoms with E-state index in [1.165, 1.54) is 0 Å². The summed E-state index contributed by atoms with van der Waals surface area (Å²) in [5.74, 6) is 0.454. The van der Waals surface area contributed by atoms with Crippen LogP contribution in [-0.2, 0) is 4.79 Å². The number of nitrogens with one attached hydrogen (secondary N) is 2. The van der Waals surface area contributed by atoms with Crippen molar-refractivity contribution in [3.05, 3.63) is 53.6 Å². The van der Waals surface area contributed by atoms with E-state index >= 15 is 0 Å². The number of anilines is 2. The third-order valence-electron chi connectivity index (χ3n) is 4.49. The van der Waals surface area contributed by atoms with Gasteiger partial charge >= 0.3 is 6.03 Å². The number of nitrogens with zero attached hydrogens (tertiary/aromatic N) is 1. The summed E-state index contributed by atoms with van der Waals surface area (Å²) in [4.78, 5) is 26.2. The molecule has 0 saturated carbocycles. The van der Waals surface area contributed by atoms with Crippen LogP contribution in [0.15, 0.2) is 42.5 Å². The van der Waals surface area contributed by atoms with Gasteiger partial charge in [0.15, 0.2) is 6.61 Å². The van der Waals surface area contributed by atoms with Crippen LogP contribution in [0.3, 0.4) is 0 Å². The van der Waals surface area contributed by atoms with Crippen LogP contribution in [-0.4, -0.2) is 36.5 Å². The van der Waals surface area contributed by atoms with Crippen molar-refractivity contribution in [1.29, 1.82) is 0 Å². The fourth-order valence-corrected chi connectivity index (χ4v) is 3.00. The van der Waals surface area contributed by atoms with Crippen molar-refractivity contribution in [3.63, 3.8) is 0 Å². The first-order valence-electron chi connectivity index (χ1n) is 9.17. The molecular formula is C21H25N3O3. The normalized spacial score (nSPS) is 13.3. The maximum atomic E-state index is 12.2. The number of rotatable bonds is 5. The van der Waals surface area contributed by atoms with E-state index in [1.807, 2.05) is 32.0 Å². The van der Waals surface area contributed by atoms with E-state index < -0.39 is 0 Å². The lowest BCUT2D eigenvalue weighted by Crippen LogP contribution is -2.32. The number of amides is 3. The molecule has 1 fully saturated rings. The van der Waals surface area contributed by atoms with Crippen molar-refractivity contribution in [3.8, 4) is 5.75 Å². The number of hydrogen-bond donors (Lipinski definition) is 2. The average molecular weight is 367 g/mol. The Hall–Kier alpha value is -3.02. The van der Waals surface area contributed by atoms with Crippen LogP contribution in [0, 0.1) is 13.8 Å². The first-order valence-corrected chi connectivity index (χ1v) is 9.17. The summed E-state index contributed by atoms with van der Waals surface area (Å²) in [6, 6.07) is 12.9. The van der Waals surface area contributed by atoms with Gasteiger partial charge in [0.05, 0.1) is 0 Å². The predicted octanol–water partition coefficient (Wildman–Crippen LogP) is 3.95. The maximum Gasteiger partial charge on any atom is 0.321 e. The zero-order valence-electron chi connectivity index (χ0n) is 15.7. The Balaban J connectivity index is 1.54. The lowest BCUT2D eigenvalue weighted by atomic mass is 10.1. The van der Waals surface area contributed by atoms with Crippen LogP contribution in [0.1, 0.15) is 24.0 Å². The summed E-state index contributed by atoms with van der Waals surface area (Å²) < 4.78 is 5.63. The zero-order valence-corrected chi connectivity index (χ0v) is 15.7. The molecular weight excluding hydrogens is 342 g/mol. The molecule has 6 nitrogen and oxygen atoms in total. The minimum atomic E-state index is -0.251. The Labute approximate surface area is 159 Å². The molecule has 0 aliphatic carbocycles.